The Hall–Kier alpha value is -1.71. The molecular formula is C12H16N2O2. The number of carbonyl (C=O) groups is 1. The molecule has 3 N–H and O–H groups in total. The fraction of sp³-hybridized carbons (Fsp3) is 0.417. The molecule has 86 valence electrons. The lowest BCUT2D eigenvalue weighted by atomic mass is 9.91. The minimum atomic E-state index is -0.107. The van der Waals surface area contributed by atoms with Crippen molar-refractivity contribution in [1.82, 2.24) is 4.90 Å². The zero-order chi connectivity index (χ0) is 11.9. The zero-order valence-corrected chi connectivity index (χ0v) is 9.53. The number of amides is 1. The average Bonchev–Trinajstić information content (AvgIpc) is 2.23. The second-order valence-corrected chi connectivity index (χ2v) is 4.20. The highest BCUT2D eigenvalue weighted by Gasteiger charge is 2.29. The molecule has 1 aliphatic rings. The molecule has 0 saturated heterocycles. The maximum Gasteiger partial charge on any atom is 0.219 e. The van der Waals surface area contributed by atoms with Crippen molar-refractivity contribution in [3.05, 3.63) is 23.3 Å². The Labute approximate surface area is 94.7 Å². The largest absolute Gasteiger partial charge is 0.508 e. The number of anilines is 1. The monoisotopic (exact) mass is 220 g/mol. The minimum Gasteiger partial charge on any atom is -0.508 e. The Morgan fingerprint density at radius 2 is 2.25 bits per heavy atom. The highest BCUT2D eigenvalue weighted by atomic mass is 16.3. The maximum absolute atomic E-state index is 11.4. The third-order valence-corrected chi connectivity index (χ3v) is 3.26. The lowest BCUT2D eigenvalue weighted by Crippen LogP contribution is -2.37. The van der Waals surface area contributed by atoms with Gasteiger partial charge in [0, 0.05) is 24.7 Å². The summed E-state index contributed by atoms with van der Waals surface area (Å²) in [5, 5.41) is 9.86. The lowest BCUT2D eigenvalue weighted by Gasteiger charge is -2.35. The fourth-order valence-electron chi connectivity index (χ4n) is 2.43. The summed E-state index contributed by atoms with van der Waals surface area (Å²) in [6.45, 7) is 4.13. The number of hydrogen-bond acceptors (Lipinski definition) is 3. The number of hydrogen-bond donors (Lipinski definition) is 2. The van der Waals surface area contributed by atoms with Crippen molar-refractivity contribution in [2.45, 2.75) is 26.3 Å². The van der Waals surface area contributed by atoms with Crippen molar-refractivity contribution in [3.63, 3.8) is 0 Å². The van der Waals surface area contributed by atoms with Gasteiger partial charge in [0.25, 0.3) is 0 Å². The van der Waals surface area contributed by atoms with Gasteiger partial charge in [0.1, 0.15) is 5.75 Å². The molecule has 0 aromatic heterocycles. The van der Waals surface area contributed by atoms with Crippen LogP contribution in [-0.2, 0) is 11.2 Å². The molecule has 4 nitrogen and oxygen atoms in total. The number of carbonyl (C=O) groups excluding carboxylic acids is 1. The first kappa shape index (κ1) is 10.8. The van der Waals surface area contributed by atoms with Crippen LogP contribution in [0.1, 0.15) is 31.0 Å². The molecule has 2 rings (SSSR count). The first-order valence-corrected chi connectivity index (χ1v) is 5.39. The number of nitrogens with two attached hydrogens (primary N) is 1. The first-order chi connectivity index (χ1) is 7.52. The Morgan fingerprint density at radius 1 is 1.56 bits per heavy atom. The van der Waals surface area contributed by atoms with Crippen molar-refractivity contribution < 1.29 is 9.90 Å². The summed E-state index contributed by atoms with van der Waals surface area (Å²) in [6, 6.07) is 3.20. The highest BCUT2D eigenvalue weighted by Crippen LogP contribution is 2.38. The van der Waals surface area contributed by atoms with Crippen LogP contribution < -0.4 is 5.73 Å². The molecule has 4 heteroatoms. The van der Waals surface area contributed by atoms with Crippen molar-refractivity contribution in [2.24, 2.45) is 0 Å². The number of rotatable bonds is 0. The van der Waals surface area contributed by atoms with Gasteiger partial charge in [-0.15, -0.1) is 0 Å². The zero-order valence-electron chi connectivity index (χ0n) is 9.53. The number of phenols is 1. The van der Waals surface area contributed by atoms with Crippen LogP contribution in [0.5, 0.6) is 5.75 Å². The van der Waals surface area contributed by atoms with Gasteiger partial charge in [0.15, 0.2) is 0 Å². The second-order valence-electron chi connectivity index (χ2n) is 4.20. The number of benzene rings is 1. The van der Waals surface area contributed by atoms with E-state index in [9.17, 15) is 9.90 Å². The van der Waals surface area contributed by atoms with Crippen LogP contribution in [-0.4, -0.2) is 22.5 Å². The summed E-state index contributed by atoms with van der Waals surface area (Å²) in [7, 11) is 0. The quantitative estimate of drug-likeness (QED) is 0.513. The predicted octanol–water partition coefficient (Wildman–Crippen LogP) is 1.44. The summed E-state index contributed by atoms with van der Waals surface area (Å²) < 4.78 is 0. The molecule has 1 aromatic carbocycles. The third-order valence-electron chi connectivity index (χ3n) is 3.26. The number of aromatic hydroxyl groups is 1. The van der Waals surface area contributed by atoms with Crippen LogP contribution in [0, 0.1) is 0 Å². The molecule has 0 aliphatic carbocycles. The molecule has 1 aliphatic heterocycles. The summed E-state index contributed by atoms with van der Waals surface area (Å²) in [6.07, 6.45) is 0.708. The van der Waals surface area contributed by atoms with Crippen LogP contribution in [0.25, 0.3) is 0 Å². The number of nitrogen functional groups attached to an aromatic ring is 1. The number of phenolic OH excluding ortho intramolecular Hbond substituents is 1. The molecule has 0 radical (unpaired) electrons. The molecular weight excluding hydrogens is 204 g/mol. The fourth-order valence-corrected chi connectivity index (χ4v) is 2.43. The Morgan fingerprint density at radius 3 is 2.88 bits per heavy atom. The van der Waals surface area contributed by atoms with Gasteiger partial charge in [0.05, 0.1) is 6.04 Å². The maximum atomic E-state index is 11.4. The number of fused-ring (bicyclic) bond motifs is 1. The number of nitrogens with zero attached hydrogens (tertiary/aromatic N) is 1. The lowest BCUT2D eigenvalue weighted by molar-refractivity contribution is -0.131. The van der Waals surface area contributed by atoms with Crippen LogP contribution in [0.4, 0.5) is 5.69 Å². The molecule has 0 spiro atoms. The van der Waals surface area contributed by atoms with E-state index in [-0.39, 0.29) is 17.7 Å². The van der Waals surface area contributed by atoms with Gasteiger partial charge in [-0.05, 0) is 31.0 Å². The summed E-state index contributed by atoms with van der Waals surface area (Å²) in [5.41, 5.74) is 8.35. The van der Waals surface area contributed by atoms with Gasteiger partial charge in [-0.25, -0.2) is 0 Å². The molecule has 1 amide bonds. The van der Waals surface area contributed by atoms with Gasteiger partial charge < -0.3 is 15.7 Å². The second kappa shape index (κ2) is 3.70. The average molecular weight is 220 g/mol. The molecule has 16 heavy (non-hydrogen) atoms. The van der Waals surface area contributed by atoms with E-state index in [2.05, 4.69) is 0 Å². The molecule has 0 fully saturated rings. The standard InChI is InChI=1S/C12H16N2O2/c1-7-12-9(5-6-14(7)8(2)15)10(13)3-4-11(12)16/h3-4,7,16H,5-6,13H2,1-2H3. The Bertz CT molecular complexity index is 443. The van der Waals surface area contributed by atoms with Gasteiger partial charge >= 0.3 is 0 Å². The Balaban J connectivity index is 2.52. The molecule has 0 saturated carbocycles. The van der Waals surface area contributed by atoms with E-state index in [1.165, 1.54) is 0 Å². The molecule has 1 unspecified atom stereocenters. The summed E-state index contributed by atoms with van der Waals surface area (Å²) in [5.74, 6) is 0.252. The van der Waals surface area contributed by atoms with Gasteiger partial charge in [-0.2, -0.15) is 0 Å². The SMILES string of the molecule is CC(=O)N1CCc2c(N)ccc(O)c2C1C. The molecule has 1 atom stereocenters. The topological polar surface area (TPSA) is 66.6 Å². The van der Waals surface area contributed by atoms with E-state index < -0.39 is 0 Å². The van der Waals surface area contributed by atoms with Crippen LogP contribution in [0.15, 0.2) is 12.1 Å². The van der Waals surface area contributed by atoms with E-state index in [1.807, 2.05) is 6.92 Å². The summed E-state index contributed by atoms with van der Waals surface area (Å²) in [4.78, 5) is 13.2. The highest BCUT2D eigenvalue weighted by molar-refractivity contribution is 5.75. The van der Waals surface area contributed by atoms with Gasteiger partial charge in [0.2, 0.25) is 5.91 Å². The molecule has 0 bridgehead atoms. The van der Waals surface area contributed by atoms with Gasteiger partial charge in [-0.1, -0.05) is 0 Å². The summed E-state index contributed by atoms with van der Waals surface area (Å²) >= 11 is 0. The van der Waals surface area contributed by atoms with E-state index in [4.69, 9.17) is 5.73 Å². The third kappa shape index (κ3) is 1.50. The molecule has 1 aromatic rings. The Kier molecular flexibility index (Phi) is 2.50. The van der Waals surface area contributed by atoms with Crippen molar-refractivity contribution in [2.75, 3.05) is 12.3 Å². The smallest absolute Gasteiger partial charge is 0.219 e. The van der Waals surface area contributed by atoms with E-state index in [1.54, 1.807) is 24.0 Å². The van der Waals surface area contributed by atoms with Crippen molar-refractivity contribution in [1.29, 1.82) is 0 Å². The van der Waals surface area contributed by atoms with Crippen LogP contribution in [0.2, 0.25) is 0 Å². The predicted molar refractivity (Wildman–Crippen MR) is 62.0 cm³/mol. The van der Waals surface area contributed by atoms with E-state index in [0.717, 1.165) is 11.1 Å². The first-order valence-electron chi connectivity index (χ1n) is 5.39. The van der Waals surface area contributed by atoms with Crippen LogP contribution >= 0.6 is 0 Å². The van der Waals surface area contributed by atoms with E-state index in [0.29, 0.717) is 18.7 Å². The van der Waals surface area contributed by atoms with Crippen molar-refractivity contribution in [3.8, 4) is 5.75 Å². The van der Waals surface area contributed by atoms with Crippen LogP contribution in [0.3, 0.4) is 0 Å². The van der Waals surface area contributed by atoms with Crippen molar-refractivity contribution >= 4 is 11.6 Å². The van der Waals surface area contributed by atoms with E-state index >= 15 is 0 Å². The normalized spacial score (nSPS) is 19.4. The molecule has 1 heterocycles. The minimum absolute atomic E-state index is 0.0278. The van der Waals surface area contributed by atoms with Gasteiger partial charge in [-0.3, -0.25) is 4.79 Å².